The molecule has 1 atom stereocenters. The van der Waals surface area contributed by atoms with E-state index in [4.69, 9.17) is 10.4 Å². The van der Waals surface area contributed by atoms with E-state index in [2.05, 4.69) is 63.2 Å². The van der Waals surface area contributed by atoms with Crippen molar-refractivity contribution in [3.63, 3.8) is 0 Å². The van der Waals surface area contributed by atoms with Gasteiger partial charge in [0.05, 0.1) is 12.1 Å². The summed E-state index contributed by atoms with van der Waals surface area (Å²) in [6, 6.07) is 4.06. The number of halogens is 1. The van der Waals surface area contributed by atoms with Crippen LogP contribution in [-0.4, -0.2) is 16.2 Å². The van der Waals surface area contributed by atoms with Gasteiger partial charge < -0.3 is 10.2 Å². The van der Waals surface area contributed by atoms with Gasteiger partial charge in [0.25, 0.3) is 0 Å². The van der Waals surface area contributed by atoms with Crippen LogP contribution >= 0.6 is 15.9 Å². The summed E-state index contributed by atoms with van der Waals surface area (Å²) in [7, 11) is 0. The molecule has 0 amide bonds. The van der Waals surface area contributed by atoms with Gasteiger partial charge in [-0.1, -0.05) is 101 Å². The summed E-state index contributed by atoms with van der Waals surface area (Å²) in [5, 5.41) is 37.1. The minimum atomic E-state index is -0.891. The molecule has 0 bridgehead atoms. The van der Waals surface area contributed by atoms with Crippen LogP contribution < -0.4 is 0 Å². The Bertz CT molecular complexity index is 1000. The first-order chi connectivity index (χ1) is 18.0. The fourth-order valence-corrected chi connectivity index (χ4v) is 3.89. The van der Waals surface area contributed by atoms with E-state index in [1.807, 2.05) is 18.2 Å². The number of allylic oxidation sites excluding steroid dienone is 11. The first-order valence-corrected chi connectivity index (χ1v) is 14.0. The number of aliphatic hydroxyl groups is 1. The van der Waals surface area contributed by atoms with Crippen LogP contribution in [-0.2, 0) is 4.79 Å². The van der Waals surface area contributed by atoms with Crippen molar-refractivity contribution in [1.82, 2.24) is 0 Å². The minimum Gasteiger partial charge on any atom is -0.511 e. The molecule has 0 aromatic heterocycles. The number of aliphatic hydroxyl groups excluding tert-OH is 1. The molecule has 0 aromatic rings. The Morgan fingerprint density at radius 1 is 1.21 bits per heavy atom. The zero-order valence-electron chi connectivity index (χ0n) is 23.9. The minimum absolute atomic E-state index is 0.0610. The standard InChI is InChI=1S/C22H25BrN2O.C6H14.C4H6O2/c1-16(8-5-6-13-23)18(12-15-25)20-17(9-7-14-24)10-11-19(21(20)26)22(2,3)4;1-3-5-6-4-2;1-2-3-4(5)6/h6-7,9-10,12-13,19,26H,1,5,8,11H2,2-4H3;3-6H2,1-2H3;2-3H,1H3,(H,5,6)/b9-7+,13-6+,18-12+;;3-2+. The molecule has 0 saturated heterocycles. The lowest BCUT2D eigenvalue weighted by Crippen LogP contribution is -2.26. The Kier molecular flexibility index (Phi) is 21.4. The first kappa shape index (κ1) is 37.1. The molecule has 2 N–H and O–H groups in total. The van der Waals surface area contributed by atoms with Crippen molar-refractivity contribution in [3.8, 4) is 12.1 Å². The Hall–Kier alpha value is -3.09. The number of unbranched alkanes of at least 4 members (excludes halogenated alkanes) is 3. The van der Waals surface area contributed by atoms with E-state index in [9.17, 15) is 15.2 Å². The first-order valence-electron chi connectivity index (χ1n) is 13.0. The number of nitriles is 2. The van der Waals surface area contributed by atoms with Crippen molar-refractivity contribution >= 4 is 21.9 Å². The summed E-state index contributed by atoms with van der Waals surface area (Å²) in [6.45, 7) is 16.5. The molecule has 1 aliphatic carbocycles. The lowest BCUT2D eigenvalue weighted by Gasteiger charge is -2.34. The van der Waals surface area contributed by atoms with E-state index in [0.29, 0.717) is 24.0 Å². The molecule has 38 heavy (non-hydrogen) atoms. The highest BCUT2D eigenvalue weighted by Gasteiger charge is 2.34. The predicted octanol–water partition coefficient (Wildman–Crippen LogP) is 9.80. The highest BCUT2D eigenvalue weighted by atomic mass is 79.9. The topological polar surface area (TPSA) is 105 Å². The summed E-state index contributed by atoms with van der Waals surface area (Å²) < 4.78 is 0. The van der Waals surface area contributed by atoms with E-state index in [1.165, 1.54) is 43.9 Å². The highest BCUT2D eigenvalue weighted by molar-refractivity contribution is 9.11. The van der Waals surface area contributed by atoms with Crippen molar-refractivity contribution in [2.45, 2.75) is 86.5 Å². The van der Waals surface area contributed by atoms with Gasteiger partial charge in [-0.25, -0.2) is 4.79 Å². The smallest absolute Gasteiger partial charge is 0.327 e. The van der Waals surface area contributed by atoms with E-state index in [0.717, 1.165) is 23.6 Å². The molecule has 0 aromatic carbocycles. The van der Waals surface area contributed by atoms with Gasteiger partial charge >= 0.3 is 5.97 Å². The van der Waals surface area contributed by atoms with Crippen LogP contribution in [0, 0.1) is 34.0 Å². The molecule has 0 aliphatic heterocycles. The van der Waals surface area contributed by atoms with Gasteiger partial charge in [0.2, 0.25) is 0 Å². The molecule has 0 heterocycles. The number of carboxylic acid groups (broad SMARTS) is 1. The molecule has 1 unspecified atom stereocenters. The molecule has 0 fully saturated rings. The van der Waals surface area contributed by atoms with Crippen LogP contribution in [0.15, 0.2) is 82.1 Å². The van der Waals surface area contributed by atoms with Crippen LogP contribution in [0.4, 0.5) is 0 Å². The van der Waals surface area contributed by atoms with Crippen LogP contribution in [0.2, 0.25) is 0 Å². The maximum absolute atomic E-state index is 11.1. The number of hydrogen-bond acceptors (Lipinski definition) is 4. The maximum atomic E-state index is 11.1. The van der Waals surface area contributed by atoms with E-state index in [-0.39, 0.29) is 17.1 Å². The zero-order chi connectivity index (χ0) is 29.6. The average molecular weight is 586 g/mol. The van der Waals surface area contributed by atoms with Crippen molar-refractivity contribution in [1.29, 1.82) is 10.5 Å². The van der Waals surface area contributed by atoms with Crippen molar-refractivity contribution in [2.75, 3.05) is 0 Å². The number of carbonyl (C=O) groups is 1. The third kappa shape index (κ3) is 15.9. The fourth-order valence-electron chi connectivity index (χ4n) is 3.63. The molecule has 0 radical (unpaired) electrons. The summed E-state index contributed by atoms with van der Waals surface area (Å²) in [4.78, 5) is 11.3. The van der Waals surface area contributed by atoms with Crippen molar-refractivity contribution in [3.05, 3.63) is 82.1 Å². The Labute approximate surface area is 239 Å². The predicted molar refractivity (Wildman–Crippen MR) is 162 cm³/mol. The zero-order valence-corrected chi connectivity index (χ0v) is 25.5. The van der Waals surface area contributed by atoms with Crippen LogP contribution in [0.25, 0.3) is 0 Å². The van der Waals surface area contributed by atoms with Gasteiger partial charge in [-0.2, -0.15) is 10.5 Å². The van der Waals surface area contributed by atoms with Crippen molar-refractivity contribution < 1.29 is 15.0 Å². The summed E-state index contributed by atoms with van der Waals surface area (Å²) in [5.74, 6) is -0.692. The molecule has 1 rings (SSSR count). The highest BCUT2D eigenvalue weighted by Crippen LogP contribution is 2.43. The van der Waals surface area contributed by atoms with E-state index in [1.54, 1.807) is 18.0 Å². The molecule has 5 nitrogen and oxygen atoms in total. The second kappa shape index (κ2) is 21.9. The number of hydrogen-bond donors (Lipinski definition) is 2. The maximum Gasteiger partial charge on any atom is 0.327 e. The second-order valence-electron chi connectivity index (χ2n) is 9.77. The SMILES string of the molecule is C/C=C/C(=O)O.C=C(CC/C=C/Br)/C(=C\C#N)C1=C(O)C(C(C)(C)C)CC=C1/C=C/C#N.CCCCCC. The summed E-state index contributed by atoms with van der Waals surface area (Å²) in [5.41, 5.74) is 2.65. The quantitative estimate of drug-likeness (QED) is 0.115. The molecular formula is C32H45BrN2O3. The Morgan fingerprint density at radius 3 is 2.21 bits per heavy atom. The number of nitrogens with zero attached hydrogens (tertiary/aromatic N) is 2. The number of rotatable bonds is 10. The average Bonchev–Trinajstić information content (AvgIpc) is 2.85. The third-order valence-electron chi connectivity index (χ3n) is 5.66. The van der Waals surface area contributed by atoms with Crippen LogP contribution in [0.1, 0.15) is 86.5 Å². The normalized spacial score (nSPS) is 15.8. The van der Waals surface area contributed by atoms with Gasteiger partial charge in [0.1, 0.15) is 5.76 Å². The lowest BCUT2D eigenvalue weighted by molar-refractivity contribution is -0.131. The third-order valence-corrected chi connectivity index (χ3v) is 6.03. The molecule has 6 heteroatoms. The molecule has 0 saturated carbocycles. The molecule has 1 aliphatic rings. The van der Waals surface area contributed by atoms with Crippen LogP contribution in [0.3, 0.4) is 0 Å². The largest absolute Gasteiger partial charge is 0.511 e. The van der Waals surface area contributed by atoms with Gasteiger partial charge in [0.15, 0.2) is 0 Å². The summed E-state index contributed by atoms with van der Waals surface area (Å²) >= 11 is 3.25. The number of aliphatic carboxylic acids is 1. The molecular weight excluding hydrogens is 540 g/mol. The lowest BCUT2D eigenvalue weighted by atomic mass is 9.71. The monoisotopic (exact) mass is 584 g/mol. The van der Waals surface area contributed by atoms with Gasteiger partial charge in [0, 0.05) is 29.7 Å². The van der Waals surface area contributed by atoms with Gasteiger partial charge in [-0.15, -0.1) is 0 Å². The second-order valence-corrected chi connectivity index (χ2v) is 10.3. The molecule has 208 valence electrons. The fraction of sp³-hybridized carbons (Fsp3) is 0.469. The van der Waals surface area contributed by atoms with Crippen LogP contribution in [0.5, 0.6) is 0 Å². The Balaban J connectivity index is 0. The Morgan fingerprint density at radius 2 is 1.82 bits per heavy atom. The van der Waals surface area contributed by atoms with Gasteiger partial charge in [-0.3, -0.25) is 0 Å². The van der Waals surface area contributed by atoms with E-state index >= 15 is 0 Å². The van der Waals surface area contributed by atoms with Gasteiger partial charge in [-0.05, 0) is 59.4 Å². The molecule has 0 spiro atoms. The summed E-state index contributed by atoms with van der Waals surface area (Å²) in [6.07, 6.45) is 18.7. The van der Waals surface area contributed by atoms with E-state index < -0.39 is 5.97 Å². The van der Waals surface area contributed by atoms with Crippen molar-refractivity contribution in [2.24, 2.45) is 11.3 Å². The number of carboxylic acids is 1.